The molecular formula is C25H42O2. The van der Waals surface area contributed by atoms with Crippen molar-refractivity contribution in [3.8, 4) is 0 Å². The molecule has 0 fully saturated rings. The Morgan fingerprint density at radius 1 is 0.741 bits per heavy atom. The fraction of sp³-hybridized carbons (Fsp3) is 0.640. The molecule has 0 aliphatic heterocycles. The molecule has 0 aliphatic rings. The van der Waals surface area contributed by atoms with Gasteiger partial charge in [-0.15, -0.1) is 0 Å². The molecule has 0 amide bonds. The van der Waals surface area contributed by atoms with Crippen LogP contribution in [0.15, 0.2) is 46.1 Å². The van der Waals surface area contributed by atoms with Crippen LogP contribution in [0.2, 0.25) is 0 Å². The van der Waals surface area contributed by atoms with Crippen LogP contribution in [0.25, 0.3) is 0 Å². The minimum Gasteiger partial charge on any atom is -0.461 e. The fourth-order valence-electron chi connectivity index (χ4n) is 2.70. The van der Waals surface area contributed by atoms with Crippen molar-refractivity contribution in [2.75, 3.05) is 6.61 Å². The van der Waals surface area contributed by atoms with Crippen LogP contribution in [0.4, 0.5) is 0 Å². The number of carbonyl (C=O) groups is 1. The van der Waals surface area contributed by atoms with E-state index in [4.69, 9.17) is 4.74 Å². The summed E-state index contributed by atoms with van der Waals surface area (Å²) in [5.41, 5.74) is 7.23. The molecule has 0 saturated heterocycles. The molecule has 0 aromatic carbocycles. The first-order valence-electron chi connectivity index (χ1n) is 10.5. The van der Waals surface area contributed by atoms with Gasteiger partial charge in [-0.2, -0.15) is 0 Å². The molecule has 0 bridgehead atoms. The van der Waals surface area contributed by atoms with Gasteiger partial charge in [0.1, 0.15) is 6.61 Å². The first-order chi connectivity index (χ1) is 12.8. The zero-order valence-electron chi connectivity index (χ0n) is 18.9. The van der Waals surface area contributed by atoms with Crippen LogP contribution in [-0.2, 0) is 9.53 Å². The van der Waals surface area contributed by atoms with Gasteiger partial charge in [-0.05, 0) is 92.6 Å². The molecule has 0 heterocycles. The van der Waals surface area contributed by atoms with Crippen LogP contribution in [0, 0.1) is 0 Å². The van der Waals surface area contributed by atoms with Crippen LogP contribution in [0.5, 0.6) is 0 Å². The zero-order valence-corrected chi connectivity index (χ0v) is 18.9. The van der Waals surface area contributed by atoms with Crippen molar-refractivity contribution >= 4 is 5.97 Å². The van der Waals surface area contributed by atoms with Crippen LogP contribution in [0.1, 0.15) is 99.8 Å². The van der Waals surface area contributed by atoms with Crippen molar-refractivity contribution in [3.05, 3.63) is 46.1 Å². The minimum atomic E-state index is -0.132. The Morgan fingerprint density at radius 3 is 2.00 bits per heavy atom. The second kappa shape index (κ2) is 15.5. The normalized spacial score (nSPS) is 13.3. The Kier molecular flexibility index (Phi) is 14.6. The van der Waals surface area contributed by atoms with E-state index in [-0.39, 0.29) is 5.97 Å². The van der Waals surface area contributed by atoms with Crippen LogP contribution in [0.3, 0.4) is 0 Å². The van der Waals surface area contributed by atoms with Crippen molar-refractivity contribution in [2.45, 2.75) is 99.8 Å². The molecule has 2 heteroatoms. The fourth-order valence-corrected chi connectivity index (χ4v) is 2.70. The largest absolute Gasteiger partial charge is 0.461 e. The first kappa shape index (κ1) is 25.4. The van der Waals surface area contributed by atoms with Gasteiger partial charge in [0, 0.05) is 6.42 Å². The molecule has 0 aliphatic carbocycles. The van der Waals surface area contributed by atoms with Crippen molar-refractivity contribution in [3.63, 3.8) is 0 Å². The number of esters is 1. The van der Waals surface area contributed by atoms with E-state index in [0.29, 0.717) is 13.0 Å². The minimum absolute atomic E-state index is 0.132. The molecule has 0 N–H and O–H groups in total. The highest BCUT2D eigenvalue weighted by Crippen LogP contribution is 2.19. The second-order valence-electron chi connectivity index (χ2n) is 7.91. The molecular weight excluding hydrogens is 332 g/mol. The summed E-state index contributed by atoms with van der Waals surface area (Å²) in [5.74, 6) is -0.132. The van der Waals surface area contributed by atoms with Crippen LogP contribution in [-0.4, -0.2) is 12.6 Å². The Labute approximate surface area is 168 Å². The third-order valence-electron chi connectivity index (χ3n) is 4.93. The lowest BCUT2D eigenvalue weighted by atomic mass is 9.98. The van der Waals surface area contributed by atoms with Gasteiger partial charge < -0.3 is 4.74 Å². The maximum absolute atomic E-state index is 11.1. The summed E-state index contributed by atoms with van der Waals surface area (Å²) in [4.78, 5) is 11.1. The van der Waals surface area contributed by atoms with Gasteiger partial charge in [-0.25, -0.2) is 0 Å². The Balaban J connectivity index is 4.14. The zero-order chi connectivity index (χ0) is 20.7. The number of hydrogen-bond donors (Lipinski definition) is 0. The average molecular weight is 375 g/mol. The molecule has 0 atom stereocenters. The van der Waals surface area contributed by atoms with E-state index >= 15 is 0 Å². The Morgan fingerprint density at radius 2 is 1.37 bits per heavy atom. The van der Waals surface area contributed by atoms with E-state index in [1.807, 2.05) is 13.0 Å². The molecule has 0 saturated carbocycles. The Bertz CT molecular complexity index is 555. The number of ether oxygens (including phenoxy) is 1. The summed E-state index contributed by atoms with van der Waals surface area (Å²) < 4.78 is 5.10. The lowest BCUT2D eigenvalue weighted by Gasteiger charge is -2.09. The summed E-state index contributed by atoms with van der Waals surface area (Å²) in [6.07, 6.45) is 15.2. The quantitative estimate of drug-likeness (QED) is 0.186. The van der Waals surface area contributed by atoms with Crippen LogP contribution < -0.4 is 0 Å². The molecule has 0 aromatic rings. The van der Waals surface area contributed by atoms with E-state index in [0.717, 1.165) is 19.3 Å². The predicted molar refractivity (Wildman–Crippen MR) is 119 cm³/mol. The SMILES string of the molecule is CCC(=O)OCC=C(C)CCC(C)=C(C)CCCC=C(C)CCC=C(C)C. The van der Waals surface area contributed by atoms with E-state index in [9.17, 15) is 4.79 Å². The third-order valence-corrected chi connectivity index (χ3v) is 4.93. The highest BCUT2D eigenvalue weighted by molar-refractivity contribution is 5.68. The second-order valence-corrected chi connectivity index (χ2v) is 7.91. The third kappa shape index (κ3) is 15.2. The van der Waals surface area contributed by atoms with Gasteiger partial charge in [-0.1, -0.05) is 46.9 Å². The molecule has 27 heavy (non-hydrogen) atoms. The van der Waals surface area contributed by atoms with Gasteiger partial charge in [0.2, 0.25) is 0 Å². The number of allylic oxidation sites excluding steroid dienone is 7. The highest BCUT2D eigenvalue weighted by atomic mass is 16.5. The maximum Gasteiger partial charge on any atom is 0.305 e. The molecule has 154 valence electrons. The van der Waals surface area contributed by atoms with E-state index < -0.39 is 0 Å². The smallest absolute Gasteiger partial charge is 0.305 e. The van der Waals surface area contributed by atoms with Gasteiger partial charge in [-0.3, -0.25) is 4.79 Å². The van der Waals surface area contributed by atoms with Crippen LogP contribution >= 0.6 is 0 Å². The first-order valence-corrected chi connectivity index (χ1v) is 10.5. The number of rotatable bonds is 13. The highest BCUT2D eigenvalue weighted by Gasteiger charge is 2.00. The lowest BCUT2D eigenvalue weighted by Crippen LogP contribution is -2.02. The molecule has 0 radical (unpaired) electrons. The van der Waals surface area contributed by atoms with Crippen molar-refractivity contribution in [1.82, 2.24) is 0 Å². The molecule has 2 nitrogen and oxygen atoms in total. The number of hydrogen-bond acceptors (Lipinski definition) is 2. The monoisotopic (exact) mass is 374 g/mol. The van der Waals surface area contributed by atoms with Gasteiger partial charge >= 0.3 is 5.97 Å². The number of carbonyl (C=O) groups excluding carboxylic acids is 1. The molecule has 0 spiro atoms. The van der Waals surface area contributed by atoms with Gasteiger partial charge in [0.15, 0.2) is 0 Å². The van der Waals surface area contributed by atoms with E-state index in [1.54, 1.807) is 0 Å². The lowest BCUT2D eigenvalue weighted by molar-refractivity contribution is -0.141. The van der Waals surface area contributed by atoms with Gasteiger partial charge in [0.05, 0.1) is 0 Å². The summed E-state index contributed by atoms with van der Waals surface area (Å²) in [5, 5.41) is 0. The molecule has 0 unspecified atom stereocenters. The number of unbranched alkanes of at least 4 members (excludes halogenated alkanes) is 1. The Hall–Kier alpha value is -1.57. The standard InChI is InChI=1S/C25H42O2/c1-8-25(26)27-19-18-22(5)16-17-24(7)23(6)15-10-9-13-21(4)14-11-12-20(2)3/h12-13,18H,8-11,14-17,19H2,1-7H3. The topological polar surface area (TPSA) is 26.3 Å². The van der Waals surface area contributed by atoms with Crippen molar-refractivity contribution in [1.29, 1.82) is 0 Å². The maximum atomic E-state index is 11.1. The molecule has 0 rings (SSSR count). The summed E-state index contributed by atoms with van der Waals surface area (Å²) in [6, 6.07) is 0. The summed E-state index contributed by atoms with van der Waals surface area (Å²) in [6.45, 7) is 15.4. The van der Waals surface area contributed by atoms with E-state index in [1.165, 1.54) is 53.5 Å². The average Bonchev–Trinajstić information content (AvgIpc) is 2.62. The van der Waals surface area contributed by atoms with Crippen molar-refractivity contribution in [2.24, 2.45) is 0 Å². The summed E-state index contributed by atoms with van der Waals surface area (Å²) in [7, 11) is 0. The molecule has 0 aromatic heterocycles. The predicted octanol–water partition coefficient (Wildman–Crippen LogP) is 7.87. The van der Waals surface area contributed by atoms with E-state index in [2.05, 4.69) is 53.7 Å². The van der Waals surface area contributed by atoms with Gasteiger partial charge in [0.25, 0.3) is 0 Å². The summed E-state index contributed by atoms with van der Waals surface area (Å²) >= 11 is 0. The van der Waals surface area contributed by atoms with Crippen molar-refractivity contribution < 1.29 is 9.53 Å².